The third kappa shape index (κ3) is 8.26. The maximum atomic E-state index is 14.2. The molecule has 4 heterocycles. The Bertz CT molecular complexity index is 1510. The summed E-state index contributed by atoms with van der Waals surface area (Å²) < 4.78 is 25.6. The van der Waals surface area contributed by atoms with Gasteiger partial charge < -0.3 is 39.9 Å². The lowest BCUT2D eigenvalue weighted by Crippen LogP contribution is -2.44. The molecule has 13 heteroatoms. The van der Waals surface area contributed by atoms with Crippen LogP contribution < -0.4 is 26.0 Å². The van der Waals surface area contributed by atoms with E-state index in [0.717, 1.165) is 31.9 Å². The van der Waals surface area contributed by atoms with Gasteiger partial charge in [0, 0.05) is 79.3 Å². The number of amides is 1. The Labute approximate surface area is 260 Å². The fourth-order valence-corrected chi connectivity index (χ4v) is 5.90. The van der Waals surface area contributed by atoms with Gasteiger partial charge in [-0.1, -0.05) is 13.8 Å². The molecule has 12 nitrogen and oxygen atoms in total. The minimum Gasteiger partial charge on any atom is -0.605 e. The number of furan rings is 1. The Kier molecular flexibility index (Phi) is 10.3. The Morgan fingerprint density at radius 1 is 1.09 bits per heavy atom. The van der Waals surface area contributed by atoms with Crippen molar-refractivity contribution >= 4 is 39.8 Å². The fraction of sp³-hybridized carbons (Fsp3) is 0.355. The molecule has 5 rings (SSSR count). The van der Waals surface area contributed by atoms with Gasteiger partial charge in [-0.25, -0.2) is 15.0 Å². The van der Waals surface area contributed by atoms with Crippen LogP contribution in [0.4, 0.5) is 22.7 Å². The van der Waals surface area contributed by atoms with E-state index in [-0.39, 0.29) is 23.5 Å². The van der Waals surface area contributed by atoms with Crippen molar-refractivity contribution in [2.75, 3.05) is 48.8 Å². The zero-order valence-electron chi connectivity index (χ0n) is 25.1. The first-order valence-corrected chi connectivity index (χ1v) is 15.6. The van der Waals surface area contributed by atoms with Crippen molar-refractivity contribution < 1.29 is 18.5 Å². The zero-order chi connectivity index (χ0) is 31.1. The molecule has 4 aromatic rings. The number of nitrogens with one attached hydrogen (secondary N) is 2. The first kappa shape index (κ1) is 31.3. The van der Waals surface area contributed by atoms with E-state index in [1.807, 2.05) is 19.9 Å². The van der Waals surface area contributed by atoms with E-state index in [2.05, 4.69) is 42.4 Å². The smallest absolute Gasteiger partial charge is 0.292 e. The third-order valence-corrected chi connectivity index (χ3v) is 8.41. The maximum absolute atomic E-state index is 14.2. The van der Waals surface area contributed by atoms with E-state index in [0.29, 0.717) is 40.0 Å². The molecule has 1 aliphatic heterocycles. The minimum absolute atomic E-state index is 0.0794. The van der Waals surface area contributed by atoms with Crippen molar-refractivity contribution in [2.45, 2.75) is 42.8 Å². The van der Waals surface area contributed by atoms with Crippen LogP contribution in [0.2, 0.25) is 0 Å². The van der Waals surface area contributed by atoms with Crippen LogP contribution in [0.25, 0.3) is 0 Å². The van der Waals surface area contributed by atoms with Crippen LogP contribution in [-0.2, 0) is 22.6 Å². The van der Waals surface area contributed by atoms with Crippen LogP contribution in [0.3, 0.4) is 0 Å². The van der Waals surface area contributed by atoms with Gasteiger partial charge >= 0.3 is 0 Å². The molecular weight excluding hydrogens is 580 g/mol. The summed E-state index contributed by atoms with van der Waals surface area (Å²) in [6.45, 7) is 7.62. The number of hydrogen-bond donors (Lipinski definition) is 3. The van der Waals surface area contributed by atoms with Crippen molar-refractivity contribution in [3.8, 4) is 5.75 Å². The van der Waals surface area contributed by atoms with E-state index in [4.69, 9.17) is 14.9 Å². The molecule has 2 atom stereocenters. The highest BCUT2D eigenvalue weighted by molar-refractivity contribution is 7.91. The molecular formula is C31H38N8O4S. The number of nitrogens with two attached hydrogens (primary N) is 1. The van der Waals surface area contributed by atoms with Crippen LogP contribution in [-0.4, -0.2) is 69.6 Å². The quantitative estimate of drug-likeness (QED) is 0.197. The van der Waals surface area contributed by atoms with E-state index in [1.54, 1.807) is 61.4 Å². The number of aromatic nitrogens is 3. The van der Waals surface area contributed by atoms with Gasteiger partial charge in [0.2, 0.25) is 5.91 Å². The number of ether oxygens (including phenoxy) is 1. The predicted molar refractivity (Wildman–Crippen MR) is 169 cm³/mol. The molecule has 1 fully saturated rings. The molecule has 2 unspecified atom stereocenters. The molecule has 0 aliphatic carbocycles. The molecule has 0 bridgehead atoms. The Hall–Kier alpha value is -4.17. The van der Waals surface area contributed by atoms with Gasteiger partial charge in [0.15, 0.2) is 16.5 Å². The van der Waals surface area contributed by atoms with Crippen LogP contribution in [0, 0.1) is 5.92 Å². The molecule has 3 aromatic heterocycles. The number of carbonyl (C=O) groups is 1. The molecule has 4 N–H and O–H groups in total. The number of carbonyl (C=O) groups excluding carboxylic acids is 1. The van der Waals surface area contributed by atoms with Gasteiger partial charge in [0.25, 0.3) is 5.03 Å². The van der Waals surface area contributed by atoms with Gasteiger partial charge in [0.05, 0.1) is 29.9 Å². The lowest BCUT2D eigenvalue weighted by Gasteiger charge is -2.34. The number of rotatable bonds is 12. The van der Waals surface area contributed by atoms with E-state index in [9.17, 15) is 9.35 Å². The highest BCUT2D eigenvalue weighted by Crippen LogP contribution is 2.35. The van der Waals surface area contributed by atoms with E-state index >= 15 is 0 Å². The maximum Gasteiger partial charge on any atom is 0.292 e. The summed E-state index contributed by atoms with van der Waals surface area (Å²) in [7, 11) is 2.10. The van der Waals surface area contributed by atoms with Crippen LogP contribution in [0.5, 0.6) is 5.75 Å². The number of nitrogens with zero attached hydrogens (tertiary/aromatic N) is 5. The lowest BCUT2D eigenvalue weighted by molar-refractivity contribution is -0.117. The summed E-state index contributed by atoms with van der Waals surface area (Å²) in [5.41, 5.74) is 8.76. The predicted octanol–water partition coefficient (Wildman–Crippen LogP) is 4.02. The van der Waals surface area contributed by atoms with Gasteiger partial charge in [0.1, 0.15) is 12.9 Å². The molecule has 0 saturated carbocycles. The summed E-state index contributed by atoms with van der Waals surface area (Å²) in [5.74, 6) is 0.790. The SMILES string of the molecule is CC(C)CC(N)C(=O)Nc1cc(Nc2ccoc2)cc([S+]([O-])c2ncc(N3CCN(C)CC3)cc2OCc2ncccn2)c1. The average Bonchev–Trinajstić information content (AvgIpc) is 3.53. The number of likely N-dealkylation sites (N-methyl/N-ethyl adjacent to an activating group) is 1. The van der Waals surface area contributed by atoms with E-state index < -0.39 is 17.2 Å². The average molecular weight is 619 g/mol. The largest absolute Gasteiger partial charge is 0.605 e. The second-order valence-corrected chi connectivity index (χ2v) is 12.5. The van der Waals surface area contributed by atoms with Crippen molar-refractivity contribution in [1.29, 1.82) is 0 Å². The summed E-state index contributed by atoms with van der Waals surface area (Å²) in [6.07, 6.45) is 8.65. The third-order valence-electron chi connectivity index (χ3n) is 7.08. The Balaban J connectivity index is 1.47. The summed E-state index contributed by atoms with van der Waals surface area (Å²) >= 11 is -1.79. The lowest BCUT2D eigenvalue weighted by atomic mass is 10.0. The van der Waals surface area contributed by atoms with Crippen LogP contribution in [0.1, 0.15) is 26.1 Å². The van der Waals surface area contributed by atoms with Crippen molar-refractivity contribution in [3.05, 3.63) is 73.3 Å². The number of anilines is 4. The molecule has 232 valence electrons. The standard InChI is InChI=1S/C31H38N8O4S/c1-21(2)13-27(32)30(40)37-24-14-23(36-22-5-12-42-19-22)15-26(16-24)44(41)31-28(43-20-29-33-6-4-7-34-29)17-25(18-35-31)39-10-8-38(3)9-11-39/h4-7,12,14-19,21,27,36H,8-11,13,20,32H2,1-3H3,(H,37,40). The Morgan fingerprint density at radius 3 is 2.55 bits per heavy atom. The van der Waals surface area contributed by atoms with Crippen LogP contribution >= 0.6 is 0 Å². The molecule has 1 aromatic carbocycles. The second-order valence-electron chi connectivity index (χ2n) is 11.1. The molecule has 1 saturated heterocycles. The minimum atomic E-state index is -1.79. The first-order chi connectivity index (χ1) is 21.2. The van der Waals surface area contributed by atoms with Gasteiger partial charge in [-0.3, -0.25) is 4.79 Å². The molecule has 44 heavy (non-hydrogen) atoms. The number of pyridine rings is 1. The molecule has 0 spiro atoms. The van der Waals surface area contributed by atoms with Crippen molar-refractivity contribution in [2.24, 2.45) is 11.7 Å². The fourth-order valence-electron chi connectivity index (χ4n) is 4.76. The number of benzene rings is 1. The van der Waals surface area contributed by atoms with Crippen molar-refractivity contribution in [1.82, 2.24) is 19.9 Å². The molecule has 1 aliphatic rings. The zero-order valence-corrected chi connectivity index (χ0v) is 25.9. The van der Waals surface area contributed by atoms with Gasteiger partial charge in [-0.2, -0.15) is 0 Å². The number of piperazine rings is 1. The normalized spacial score (nSPS) is 15.2. The summed E-state index contributed by atoms with van der Waals surface area (Å²) in [4.78, 5) is 31.0. The monoisotopic (exact) mass is 618 g/mol. The van der Waals surface area contributed by atoms with Gasteiger partial charge in [-0.15, -0.1) is 0 Å². The Morgan fingerprint density at radius 2 is 1.84 bits per heavy atom. The van der Waals surface area contributed by atoms with Crippen molar-refractivity contribution in [3.63, 3.8) is 0 Å². The second kappa shape index (κ2) is 14.5. The topological polar surface area (TPSA) is 158 Å². The summed E-state index contributed by atoms with van der Waals surface area (Å²) in [6, 6.07) is 9.84. The van der Waals surface area contributed by atoms with Gasteiger partial charge in [-0.05, 0) is 37.6 Å². The highest BCUT2D eigenvalue weighted by Gasteiger charge is 2.27. The summed E-state index contributed by atoms with van der Waals surface area (Å²) in [5, 5.41) is 6.37. The molecule has 0 radical (unpaired) electrons. The highest BCUT2D eigenvalue weighted by atomic mass is 32.2. The van der Waals surface area contributed by atoms with E-state index in [1.165, 1.54) is 0 Å². The molecule has 1 amide bonds. The van der Waals surface area contributed by atoms with Crippen LogP contribution in [0.15, 0.2) is 81.9 Å². The first-order valence-electron chi connectivity index (χ1n) is 14.5. The number of hydrogen-bond acceptors (Lipinski definition) is 11.